The van der Waals surface area contributed by atoms with E-state index >= 15 is 0 Å². The molecule has 2 aromatic heterocycles. The molecule has 0 fully saturated rings. The van der Waals surface area contributed by atoms with E-state index in [-0.39, 0.29) is 5.91 Å². The molecule has 0 spiro atoms. The predicted molar refractivity (Wildman–Crippen MR) is 114 cm³/mol. The standard InChI is InChI=1S/C23H14ClN3O2/c24-19-10-3-7-16-17(19)8-2-9-18(16)22(28)26-15-6-1-5-14(13-15)23-27-21-20(29-23)11-4-12-25-21/h1-13H,(H,26,28). The number of rotatable bonds is 3. The number of oxazole rings is 1. The van der Waals surface area contributed by atoms with E-state index < -0.39 is 0 Å². The minimum absolute atomic E-state index is 0.214. The zero-order valence-electron chi connectivity index (χ0n) is 15.1. The second-order valence-electron chi connectivity index (χ2n) is 6.52. The highest BCUT2D eigenvalue weighted by Gasteiger charge is 2.13. The lowest BCUT2D eigenvalue weighted by atomic mass is 10.0. The molecule has 5 rings (SSSR count). The van der Waals surface area contributed by atoms with Gasteiger partial charge in [-0.15, -0.1) is 0 Å². The second-order valence-corrected chi connectivity index (χ2v) is 6.93. The van der Waals surface area contributed by atoms with Crippen LogP contribution >= 0.6 is 11.6 Å². The molecule has 140 valence electrons. The SMILES string of the molecule is O=C(Nc1cccc(-c2nc3ncccc3o2)c1)c1cccc2c(Cl)cccc12. The first-order valence-corrected chi connectivity index (χ1v) is 9.37. The Labute approximate surface area is 171 Å². The van der Waals surface area contributed by atoms with Crippen molar-refractivity contribution < 1.29 is 9.21 Å². The second kappa shape index (κ2) is 7.04. The molecular formula is C23H14ClN3O2. The van der Waals surface area contributed by atoms with Crippen LogP contribution in [0.4, 0.5) is 5.69 Å². The highest BCUT2D eigenvalue weighted by molar-refractivity contribution is 6.36. The smallest absolute Gasteiger partial charge is 0.256 e. The number of anilines is 1. The molecule has 0 bridgehead atoms. The van der Waals surface area contributed by atoms with Crippen molar-refractivity contribution in [2.45, 2.75) is 0 Å². The van der Waals surface area contributed by atoms with Crippen LogP contribution in [0.5, 0.6) is 0 Å². The van der Waals surface area contributed by atoms with Crippen LogP contribution in [0.25, 0.3) is 33.5 Å². The zero-order valence-corrected chi connectivity index (χ0v) is 15.9. The Morgan fingerprint density at radius 1 is 0.931 bits per heavy atom. The lowest BCUT2D eigenvalue weighted by molar-refractivity contribution is 0.102. The molecule has 0 saturated heterocycles. The quantitative estimate of drug-likeness (QED) is 0.407. The molecule has 3 aromatic carbocycles. The van der Waals surface area contributed by atoms with Crippen molar-refractivity contribution in [3.8, 4) is 11.5 Å². The van der Waals surface area contributed by atoms with Crippen LogP contribution in [0.1, 0.15) is 10.4 Å². The van der Waals surface area contributed by atoms with Crippen molar-refractivity contribution in [1.82, 2.24) is 9.97 Å². The van der Waals surface area contributed by atoms with Gasteiger partial charge in [-0.05, 0) is 47.9 Å². The molecule has 5 nitrogen and oxygen atoms in total. The average Bonchev–Trinajstić information content (AvgIpc) is 3.18. The number of nitrogens with one attached hydrogen (secondary N) is 1. The number of hydrogen-bond donors (Lipinski definition) is 1. The van der Waals surface area contributed by atoms with Crippen molar-refractivity contribution in [2.24, 2.45) is 0 Å². The minimum atomic E-state index is -0.214. The minimum Gasteiger partial charge on any atom is -0.434 e. The molecule has 0 radical (unpaired) electrons. The number of pyridine rings is 1. The van der Waals surface area contributed by atoms with Gasteiger partial charge in [0.2, 0.25) is 5.89 Å². The van der Waals surface area contributed by atoms with Crippen LogP contribution in [0, 0.1) is 0 Å². The number of carbonyl (C=O) groups excluding carboxylic acids is 1. The number of benzene rings is 3. The molecule has 1 amide bonds. The van der Waals surface area contributed by atoms with E-state index in [1.165, 1.54) is 0 Å². The van der Waals surface area contributed by atoms with Crippen LogP contribution in [-0.2, 0) is 0 Å². The monoisotopic (exact) mass is 399 g/mol. The van der Waals surface area contributed by atoms with Gasteiger partial charge in [-0.25, -0.2) is 4.98 Å². The zero-order chi connectivity index (χ0) is 19.8. The highest BCUT2D eigenvalue weighted by Crippen LogP contribution is 2.28. The first kappa shape index (κ1) is 17.4. The number of aromatic nitrogens is 2. The predicted octanol–water partition coefficient (Wildman–Crippen LogP) is 5.95. The van der Waals surface area contributed by atoms with Crippen molar-refractivity contribution in [3.05, 3.63) is 89.6 Å². The molecule has 0 saturated carbocycles. The molecule has 0 unspecified atom stereocenters. The average molecular weight is 400 g/mol. The van der Waals surface area contributed by atoms with Gasteiger partial charge >= 0.3 is 0 Å². The van der Waals surface area contributed by atoms with E-state index in [4.69, 9.17) is 16.0 Å². The number of halogens is 1. The summed E-state index contributed by atoms with van der Waals surface area (Å²) in [7, 11) is 0. The number of amides is 1. The lowest BCUT2D eigenvalue weighted by Gasteiger charge is -2.09. The fourth-order valence-electron chi connectivity index (χ4n) is 3.29. The van der Waals surface area contributed by atoms with E-state index in [0.29, 0.717) is 33.4 Å². The van der Waals surface area contributed by atoms with Gasteiger partial charge in [-0.3, -0.25) is 4.79 Å². The summed E-state index contributed by atoms with van der Waals surface area (Å²) in [5.41, 5.74) is 3.11. The Balaban J connectivity index is 1.48. The first-order chi connectivity index (χ1) is 14.2. The number of carbonyl (C=O) groups is 1. The summed E-state index contributed by atoms with van der Waals surface area (Å²) < 4.78 is 5.77. The highest BCUT2D eigenvalue weighted by atomic mass is 35.5. The fraction of sp³-hybridized carbons (Fsp3) is 0. The lowest BCUT2D eigenvalue weighted by Crippen LogP contribution is -2.12. The van der Waals surface area contributed by atoms with Gasteiger partial charge in [0, 0.05) is 33.4 Å². The largest absolute Gasteiger partial charge is 0.434 e. The van der Waals surface area contributed by atoms with Crippen LogP contribution < -0.4 is 5.32 Å². The number of fused-ring (bicyclic) bond motifs is 2. The third-order valence-electron chi connectivity index (χ3n) is 4.65. The van der Waals surface area contributed by atoms with Crippen molar-refractivity contribution in [3.63, 3.8) is 0 Å². The normalized spacial score (nSPS) is 11.1. The summed E-state index contributed by atoms with van der Waals surface area (Å²) in [6.45, 7) is 0. The van der Waals surface area contributed by atoms with Crippen molar-refractivity contribution in [2.75, 3.05) is 5.32 Å². The molecule has 6 heteroatoms. The van der Waals surface area contributed by atoms with E-state index in [1.54, 1.807) is 18.3 Å². The molecule has 0 aliphatic carbocycles. The third kappa shape index (κ3) is 3.22. The molecule has 0 aliphatic rings. The van der Waals surface area contributed by atoms with E-state index in [1.807, 2.05) is 60.7 Å². The maximum Gasteiger partial charge on any atom is 0.256 e. The molecule has 2 heterocycles. The molecule has 0 aliphatic heterocycles. The molecular weight excluding hydrogens is 386 g/mol. The topological polar surface area (TPSA) is 68.0 Å². The van der Waals surface area contributed by atoms with Crippen LogP contribution in [0.2, 0.25) is 5.02 Å². The van der Waals surface area contributed by atoms with Gasteiger partial charge in [0.25, 0.3) is 5.91 Å². The Kier molecular flexibility index (Phi) is 4.22. The molecule has 29 heavy (non-hydrogen) atoms. The van der Waals surface area contributed by atoms with E-state index in [2.05, 4.69) is 15.3 Å². The van der Waals surface area contributed by atoms with Gasteiger partial charge < -0.3 is 9.73 Å². The van der Waals surface area contributed by atoms with Crippen molar-refractivity contribution >= 4 is 45.2 Å². The molecule has 5 aromatic rings. The summed E-state index contributed by atoms with van der Waals surface area (Å²) in [4.78, 5) is 21.5. The Morgan fingerprint density at radius 2 is 1.76 bits per heavy atom. The summed E-state index contributed by atoms with van der Waals surface area (Å²) in [5, 5.41) is 5.21. The Hall–Kier alpha value is -3.70. The van der Waals surface area contributed by atoms with Crippen LogP contribution in [-0.4, -0.2) is 15.9 Å². The first-order valence-electron chi connectivity index (χ1n) is 9.00. The fourth-order valence-corrected chi connectivity index (χ4v) is 3.53. The van der Waals surface area contributed by atoms with Gasteiger partial charge in [0.15, 0.2) is 11.2 Å². The van der Waals surface area contributed by atoms with Gasteiger partial charge in [-0.2, -0.15) is 4.98 Å². The van der Waals surface area contributed by atoms with Gasteiger partial charge in [0.05, 0.1) is 0 Å². The molecule has 0 atom stereocenters. The summed E-state index contributed by atoms with van der Waals surface area (Å²) in [6, 6.07) is 22.0. The van der Waals surface area contributed by atoms with Gasteiger partial charge in [-0.1, -0.05) is 41.9 Å². The maximum absolute atomic E-state index is 12.9. The van der Waals surface area contributed by atoms with Crippen LogP contribution in [0.15, 0.2) is 83.4 Å². The Bertz CT molecular complexity index is 1340. The summed E-state index contributed by atoms with van der Waals surface area (Å²) in [5.74, 6) is 0.237. The summed E-state index contributed by atoms with van der Waals surface area (Å²) in [6.07, 6.45) is 1.67. The Morgan fingerprint density at radius 3 is 2.66 bits per heavy atom. The van der Waals surface area contributed by atoms with E-state index in [9.17, 15) is 4.79 Å². The maximum atomic E-state index is 12.9. The van der Waals surface area contributed by atoms with Gasteiger partial charge in [0.1, 0.15) is 0 Å². The molecule has 1 N–H and O–H groups in total. The number of nitrogens with zero attached hydrogens (tertiary/aromatic N) is 2. The van der Waals surface area contributed by atoms with Crippen LogP contribution in [0.3, 0.4) is 0 Å². The summed E-state index contributed by atoms with van der Waals surface area (Å²) >= 11 is 6.26. The third-order valence-corrected chi connectivity index (χ3v) is 4.98. The number of hydrogen-bond acceptors (Lipinski definition) is 4. The van der Waals surface area contributed by atoms with E-state index in [0.717, 1.165) is 16.3 Å². The van der Waals surface area contributed by atoms with Crippen molar-refractivity contribution in [1.29, 1.82) is 0 Å².